The fourth-order valence-corrected chi connectivity index (χ4v) is 4.63. The molecule has 1 amide bonds. The Labute approximate surface area is 212 Å². The molecular formula is C27H34N6O3. The standard InChI is InChI=1S/C27H34N6O3/c1-7-33(26(34)17(2)20-14-22(35-5)31-23(15-20)36-6)16-27(4)10-9-19-13-21(18(3)30-24(19)32-27)25-28-11-8-12-29-25/h8,11-15,17H,7,9-10,16H2,1-6H3,(H,30,32)/t17-,27-/m1/s1. The summed E-state index contributed by atoms with van der Waals surface area (Å²) in [5.41, 5.74) is 3.45. The first-order valence-electron chi connectivity index (χ1n) is 12.2. The second kappa shape index (κ2) is 10.5. The highest BCUT2D eigenvalue weighted by molar-refractivity contribution is 5.83. The van der Waals surface area contributed by atoms with Crippen LogP contribution < -0.4 is 14.8 Å². The number of amides is 1. The number of anilines is 1. The van der Waals surface area contributed by atoms with Gasteiger partial charge in [-0.25, -0.2) is 15.0 Å². The number of carbonyl (C=O) groups excluding carboxylic acids is 1. The third kappa shape index (κ3) is 5.24. The van der Waals surface area contributed by atoms with Gasteiger partial charge in [0.15, 0.2) is 5.82 Å². The molecule has 1 aliphatic heterocycles. The zero-order chi connectivity index (χ0) is 25.9. The number of nitrogens with zero attached hydrogens (tertiary/aromatic N) is 5. The molecule has 0 saturated carbocycles. The highest BCUT2D eigenvalue weighted by atomic mass is 16.5. The van der Waals surface area contributed by atoms with Crippen LogP contribution >= 0.6 is 0 Å². The van der Waals surface area contributed by atoms with E-state index < -0.39 is 0 Å². The van der Waals surface area contributed by atoms with Gasteiger partial charge < -0.3 is 19.7 Å². The number of aryl methyl sites for hydroxylation is 2. The molecule has 0 radical (unpaired) electrons. The van der Waals surface area contributed by atoms with Crippen LogP contribution in [-0.4, -0.2) is 63.6 Å². The van der Waals surface area contributed by atoms with E-state index in [0.29, 0.717) is 30.7 Å². The van der Waals surface area contributed by atoms with Crippen LogP contribution in [0.1, 0.15) is 49.9 Å². The fourth-order valence-electron chi connectivity index (χ4n) is 4.63. The molecule has 0 saturated heterocycles. The Hall–Kier alpha value is -3.75. The largest absolute Gasteiger partial charge is 0.481 e. The lowest BCUT2D eigenvalue weighted by Gasteiger charge is -2.40. The minimum absolute atomic E-state index is 0.0438. The number of fused-ring (bicyclic) bond motifs is 1. The van der Waals surface area contributed by atoms with Gasteiger partial charge in [0, 0.05) is 43.2 Å². The van der Waals surface area contributed by atoms with Crippen molar-refractivity contribution in [3.8, 4) is 23.1 Å². The molecule has 1 aliphatic rings. The maximum absolute atomic E-state index is 13.6. The molecule has 4 rings (SSSR count). The van der Waals surface area contributed by atoms with E-state index in [0.717, 1.165) is 41.0 Å². The molecule has 0 unspecified atom stereocenters. The lowest BCUT2D eigenvalue weighted by atomic mass is 9.87. The summed E-state index contributed by atoms with van der Waals surface area (Å²) in [5, 5.41) is 3.63. The maximum Gasteiger partial charge on any atom is 0.229 e. The molecule has 190 valence electrons. The Bertz CT molecular complexity index is 1210. The summed E-state index contributed by atoms with van der Waals surface area (Å²) in [6.07, 6.45) is 5.21. The van der Waals surface area contributed by atoms with Crippen molar-refractivity contribution in [1.82, 2.24) is 24.8 Å². The number of methoxy groups -OCH3 is 2. The predicted octanol–water partition coefficient (Wildman–Crippen LogP) is 4.03. The summed E-state index contributed by atoms with van der Waals surface area (Å²) < 4.78 is 10.6. The van der Waals surface area contributed by atoms with Gasteiger partial charge in [-0.15, -0.1) is 0 Å². The SMILES string of the molecule is CCN(C[C@@]1(C)CCc2cc(-c3ncccn3)c(C)nc2N1)C(=O)[C@H](C)c1cc(OC)nc(OC)c1. The molecule has 0 bridgehead atoms. The van der Waals surface area contributed by atoms with Gasteiger partial charge in [-0.05, 0) is 63.8 Å². The molecule has 3 aromatic rings. The predicted molar refractivity (Wildman–Crippen MR) is 138 cm³/mol. The minimum atomic E-state index is -0.371. The van der Waals surface area contributed by atoms with Crippen molar-refractivity contribution < 1.29 is 14.3 Å². The van der Waals surface area contributed by atoms with Crippen molar-refractivity contribution in [3.63, 3.8) is 0 Å². The van der Waals surface area contributed by atoms with Gasteiger partial charge >= 0.3 is 0 Å². The summed E-state index contributed by atoms with van der Waals surface area (Å²) in [6.45, 7) is 9.20. The van der Waals surface area contributed by atoms with Crippen LogP contribution in [-0.2, 0) is 11.2 Å². The Kier molecular flexibility index (Phi) is 7.37. The third-order valence-corrected chi connectivity index (χ3v) is 6.79. The van der Waals surface area contributed by atoms with Crippen molar-refractivity contribution in [2.45, 2.75) is 52.0 Å². The molecule has 9 nitrogen and oxygen atoms in total. The molecule has 0 fully saturated rings. The van der Waals surface area contributed by atoms with Gasteiger partial charge in [0.2, 0.25) is 17.7 Å². The van der Waals surface area contributed by atoms with Gasteiger partial charge in [-0.3, -0.25) is 4.79 Å². The number of aromatic nitrogens is 4. The van der Waals surface area contributed by atoms with E-state index in [2.05, 4.69) is 33.3 Å². The first-order valence-corrected chi connectivity index (χ1v) is 12.2. The van der Waals surface area contributed by atoms with Gasteiger partial charge in [-0.1, -0.05) is 0 Å². The van der Waals surface area contributed by atoms with Crippen LogP contribution in [0.3, 0.4) is 0 Å². The molecule has 1 N–H and O–H groups in total. The van der Waals surface area contributed by atoms with Crippen molar-refractivity contribution in [2.24, 2.45) is 0 Å². The molecule has 0 aliphatic carbocycles. The highest BCUT2D eigenvalue weighted by Crippen LogP contribution is 2.34. The highest BCUT2D eigenvalue weighted by Gasteiger charge is 2.35. The molecule has 36 heavy (non-hydrogen) atoms. The smallest absolute Gasteiger partial charge is 0.229 e. The van der Waals surface area contributed by atoms with Crippen LogP contribution in [0.15, 0.2) is 36.7 Å². The van der Waals surface area contributed by atoms with Crippen LogP contribution in [0.25, 0.3) is 11.4 Å². The Morgan fingerprint density at radius 3 is 2.42 bits per heavy atom. The second-order valence-electron chi connectivity index (χ2n) is 9.45. The average Bonchev–Trinajstić information content (AvgIpc) is 2.90. The van der Waals surface area contributed by atoms with E-state index in [1.807, 2.05) is 25.7 Å². The van der Waals surface area contributed by atoms with E-state index in [4.69, 9.17) is 14.5 Å². The number of carbonyl (C=O) groups is 1. The van der Waals surface area contributed by atoms with E-state index >= 15 is 0 Å². The average molecular weight is 491 g/mol. The number of ether oxygens (including phenoxy) is 2. The first kappa shape index (κ1) is 25.3. The van der Waals surface area contributed by atoms with Crippen LogP contribution in [0, 0.1) is 6.92 Å². The zero-order valence-electron chi connectivity index (χ0n) is 21.8. The molecular weight excluding hydrogens is 456 g/mol. The summed E-state index contributed by atoms with van der Waals surface area (Å²) in [7, 11) is 3.10. The van der Waals surface area contributed by atoms with Crippen molar-refractivity contribution in [3.05, 3.63) is 53.5 Å². The molecule has 0 aromatic carbocycles. The number of hydrogen-bond acceptors (Lipinski definition) is 8. The van der Waals surface area contributed by atoms with E-state index in [9.17, 15) is 4.79 Å². The van der Waals surface area contributed by atoms with E-state index in [1.165, 1.54) is 0 Å². The van der Waals surface area contributed by atoms with Gasteiger partial charge in [0.05, 0.1) is 31.4 Å². The number of nitrogens with one attached hydrogen (secondary N) is 1. The summed E-state index contributed by atoms with van der Waals surface area (Å²) in [5.74, 6) is 2.06. The third-order valence-electron chi connectivity index (χ3n) is 6.79. The zero-order valence-corrected chi connectivity index (χ0v) is 21.8. The number of rotatable bonds is 8. The molecule has 0 spiro atoms. The second-order valence-corrected chi connectivity index (χ2v) is 9.45. The summed E-state index contributed by atoms with van der Waals surface area (Å²) in [4.78, 5) is 33.3. The number of hydrogen-bond donors (Lipinski definition) is 1. The Balaban J connectivity index is 1.52. The van der Waals surface area contributed by atoms with E-state index in [-0.39, 0.29) is 17.4 Å². The minimum Gasteiger partial charge on any atom is -0.481 e. The summed E-state index contributed by atoms with van der Waals surface area (Å²) in [6, 6.07) is 7.52. The quantitative estimate of drug-likeness (QED) is 0.505. The topological polar surface area (TPSA) is 102 Å². The molecule has 9 heteroatoms. The maximum atomic E-state index is 13.6. The lowest BCUT2D eigenvalue weighted by Crippen LogP contribution is -2.51. The molecule has 2 atom stereocenters. The molecule has 4 heterocycles. The van der Waals surface area contributed by atoms with Gasteiger partial charge in [-0.2, -0.15) is 4.98 Å². The van der Waals surface area contributed by atoms with Crippen LogP contribution in [0.5, 0.6) is 11.8 Å². The monoisotopic (exact) mass is 490 g/mol. The Morgan fingerprint density at radius 1 is 1.14 bits per heavy atom. The van der Waals surface area contributed by atoms with Gasteiger partial charge in [0.25, 0.3) is 0 Å². The van der Waals surface area contributed by atoms with Gasteiger partial charge in [0.1, 0.15) is 5.82 Å². The van der Waals surface area contributed by atoms with Crippen molar-refractivity contribution in [1.29, 1.82) is 0 Å². The lowest BCUT2D eigenvalue weighted by molar-refractivity contribution is -0.133. The number of likely N-dealkylation sites (N-methyl/N-ethyl adjacent to an activating group) is 1. The van der Waals surface area contributed by atoms with E-state index in [1.54, 1.807) is 44.8 Å². The number of pyridine rings is 2. The normalized spacial score (nSPS) is 17.5. The molecule has 3 aromatic heterocycles. The van der Waals surface area contributed by atoms with Crippen LogP contribution in [0.2, 0.25) is 0 Å². The first-order chi connectivity index (χ1) is 17.3. The van der Waals surface area contributed by atoms with Crippen molar-refractivity contribution >= 4 is 11.7 Å². The Morgan fingerprint density at radius 2 is 1.81 bits per heavy atom. The summed E-state index contributed by atoms with van der Waals surface area (Å²) >= 11 is 0. The fraction of sp³-hybridized carbons (Fsp3) is 0.444. The van der Waals surface area contributed by atoms with Crippen LogP contribution in [0.4, 0.5) is 5.82 Å². The van der Waals surface area contributed by atoms with Crippen molar-refractivity contribution in [2.75, 3.05) is 32.6 Å².